The van der Waals surface area contributed by atoms with Crippen molar-refractivity contribution < 1.29 is 14.3 Å². The molecule has 32 heavy (non-hydrogen) atoms. The van der Waals surface area contributed by atoms with Gasteiger partial charge in [0.1, 0.15) is 5.92 Å². The summed E-state index contributed by atoms with van der Waals surface area (Å²) in [6, 6.07) is 1.81. The van der Waals surface area contributed by atoms with E-state index < -0.39 is 24.2 Å². The van der Waals surface area contributed by atoms with Crippen LogP contribution in [-0.4, -0.2) is 79.8 Å². The Morgan fingerprint density at radius 1 is 1.41 bits per heavy atom. The molecule has 0 spiro atoms. The number of pyridine rings is 1. The van der Waals surface area contributed by atoms with E-state index in [0.717, 1.165) is 5.69 Å². The molecule has 1 aromatic heterocycles. The molecule has 4 unspecified atom stereocenters. The van der Waals surface area contributed by atoms with Crippen LogP contribution in [0.5, 0.6) is 0 Å². The number of halogens is 1. The van der Waals surface area contributed by atoms with Crippen LogP contribution in [0.25, 0.3) is 0 Å². The van der Waals surface area contributed by atoms with E-state index in [9.17, 15) is 14.5 Å². The number of piperidine rings is 1. The maximum Gasteiger partial charge on any atom is 0.308 e. The zero-order valence-corrected chi connectivity index (χ0v) is 19.0. The van der Waals surface area contributed by atoms with Crippen LogP contribution in [0.3, 0.4) is 0 Å². The number of amides is 1. The van der Waals surface area contributed by atoms with Gasteiger partial charge >= 0.3 is 5.97 Å². The zero-order valence-electron chi connectivity index (χ0n) is 18.2. The topological polar surface area (TPSA) is 142 Å². The Balaban J connectivity index is 1.75. The molecule has 3 rings (SSSR count). The maximum absolute atomic E-state index is 13.3. The van der Waals surface area contributed by atoms with E-state index in [2.05, 4.69) is 25.7 Å². The van der Waals surface area contributed by atoms with E-state index in [4.69, 9.17) is 22.1 Å². The molecular formula is C20H30ClN7O4. The smallest absolute Gasteiger partial charge is 0.308 e. The summed E-state index contributed by atoms with van der Waals surface area (Å²) in [7, 11) is 3.21. The van der Waals surface area contributed by atoms with Crippen molar-refractivity contribution in [3.8, 4) is 0 Å². The lowest BCUT2D eigenvalue weighted by Gasteiger charge is -2.40. The van der Waals surface area contributed by atoms with E-state index in [-0.39, 0.29) is 17.3 Å². The normalized spacial score (nSPS) is 24.4. The predicted octanol–water partition coefficient (Wildman–Crippen LogP) is 0.545. The van der Waals surface area contributed by atoms with E-state index >= 15 is 0 Å². The number of nitrogens with two attached hydrogens (primary N) is 1. The van der Waals surface area contributed by atoms with Gasteiger partial charge in [0, 0.05) is 32.4 Å². The second-order valence-corrected chi connectivity index (χ2v) is 8.80. The Bertz CT molecular complexity index is 821. The number of hydrogen-bond donors (Lipinski definition) is 3. The first kappa shape index (κ1) is 24.3. The third kappa shape index (κ3) is 5.52. The summed E-state index contributed by atoms with van der Waals surface area (Å²) >= 11 is 6.19. The number of nitroso groups, excluding NO2 is 1. The number of nitrogens with one attached hydrogen (secondary N) is 2. The van der Waals surface area contributed by atoms with Gasteiger partial charge in [-0.05, 0) is 26.0 Å². The van der Waals surface area contributed by atoms with Gasteiger partial charge in [-0.25, -0.2) is 0 Å². The number of ether oxygens (including phenoxy) is 1. The fraction of sp³-hybridized carbons (Fsp3) is 0.650. The van der Waals surface area contributed by atoms with Gasteiger partial charge in [0.15, 0.2) is 6.17 Å². The Morgan fingerprint density at radius 2 is 2.12 bits per heavy atom. The van der Waals surface area contributed by atoms with Crippen molar-refractivity contribution in [3.63, 3.8) is 0 Å². The third-order valence-corrected chi connectivity index (χ3v) is 6.36. The third-order valence-electron chi connectivity index (χ3n) is 6.07. The molecule has 0 saturated carbocycles. The molecule has 1 amide bonds. The summed E-state index contributed by atoms with van der Waals surface area (Å²) in [6.45, 7) is 2.30. The van der Waals surface area contributed by atoms with E-state index in [0.29, 0.717) is 44.7 Å². The van der Waals surface area contributed by atoms with Gasteiger partial charge in [-0.1, -0.05) is 5.18 Å². The molecule has 176 valence electrons. The van der Waals surface area contributed by atoms with Gasteiger partial charge in [0.25, 0.3) is 0 Å². The lowest BCUT2D eigenvalue weighted by atomic mass is 9.96. The highest BCUT2D eigenvalue weighted by Crippen LogP contribution is 2.30. The Morgan fingerprint density at radius 3 is 2.75 bits per heavy atom. The van der Waals surface area contributed by atoms with Crippen molar-refractivity contribution in [1.29, 1.82) is 0 Å². The molecule has 2 saturated heterocycles. The van der Waals surface area contributed by atoms with Crippen LogP contribution in [0, 0.1) is 16.7 Å². The minimum atomic E-state index is -1.24. The van der Waals surface area contributed by atoms with Gasteiger partial charge in [0.2, 0.25) is 5.91 Å². The summed E-state index contributed by atoms with van der Waals surface area (Å²) in [5.41, 5.74) is 7.22. The number of aromatic nitrogens is 1. The van der Waals surface area contributed by atoms with Gasteiger partial charge < -0.3 is 20.7 Å². The summed E-state index contributed by atoms with van der Waals surface area (Å²) in [5, 5.41) is 8.88. The van der Waals surface area contributed by atoms with Crippen molar-refractivity contribution >= 4 is 34.9 Å². The molecule has 0 bridgehead atoms. The lowest BCUT2D eigenvalue weighted by molar-refractivity contribution is -0.146. The van der Waals surface area contributed by atoms with Crippen LogP contribution in [0.4, 0.5) is 11.4 Å². The van der Waals surface area contributed by atoms with Gasteiger partial charge in [-0.2, -0.15) is 0 Å². The molecule has 4 atom stereocenters. The average Bonchev–Trinajstić information content (AvgIpc) is 2.80. The van der Waals surface area contributed by atoms with Gasteiger partial charge in [-0.3, -0.25) is 24.8 Å². The highest BCUT2D eigenvalue weighted by atomic mass is 35.5. The van der Waals surface area contributed by atoms with Crippen LogP contribution in [-0.2, 0) is 14.3 Å². The van der Waals surface area contributed by atoms with Gasteiger partial charge in [-0.15, -0.1) is 16.5 Å². The predicted molar refractivity (Wildman–Crippen MR) is 121 cm³/mol. The monoisotopic (exact) mass is 467 g/mol. The first-order valence-corrected chi connectivity index (χ1v) is 11.0. The Hall–Kier alpha value is -2.34. The minimum Gasteiger partial charge on any atom is -0.469 e. The number of esters is 1. The van der Waals surface area contributed by atoms with Crippen molar-refractivity contribution in [1.82, 2.24) is 15.2 Å². The number of anilines is 2. The van der Waals surface area contributed by atoms with Crippen LogP contribution in [0.2, 0.25) is 0 Å². The van der Waals surface area contributed by atoms with Crippen LogP contribution >= 0.6 is 11.6 Å². The number of rotatable bonds is 7. The molecule has 3 heterocycles. The molecule has 1 aromatic rings. The summed E-state index contributed by atoms with van der Waals surface area (Å²) in [4.78, 5) is 44.4. The number of alkyl halides is 1. The fourth-order valence-corrected chi connectivity index (χ4v) is 4.65. The van der Waals surface area contributed by atoms with E-state index in [1.54, 1.807) is 12.4 Å². The maximum atomic E-state index is 13.3. The van der Waals surface area contributed by atoms with Crippen LogP contribution < -0.4 is 21.3 Å². The molecule has 0 aromatic carbocycles. The highest BCUT2D eigenvalue weighted by Gasteiger charge is 2.40. The number of hydrogen-bond acceptors (Lipinski definition) is 10. The number of methoxy groups -OCH3 is 1. The molecule has 4 N–H and O–H groups in total. The zero-order chi connectivity index (χ0) is 23.3. The quantitative estimate of drug-likeness (QED) is 0.297. The molecule has 2 fully saturated rings. The minimum absolute atomic E-state index is 0.113. The number of carbonyl (C=O) groups is 2. The van der Waals surface area contributed by atoms with Crippen LogP contribution in [0.15, 0.2) is 23.6 Å². The molecule has 11 nitrogen and oxygen atoms in total. The molecule has 0 aliphatic carbocycles. The Kier molecular flexibility index (Phi) is 8.35. The second kappa shape index (κ2) is 11.0. The first-order chi connectivity index (χ1) is 15.3. The molecular weight excluding hydrogens is 438 g/mol. The van der Waals surface area contributed by atoms with Gasteiger partial charge in [0.05, 0.1) is 42.1 Å². The van der Waals surface area contributed by atoms with E-state index in [1.165, 1.54) is 7.11 Å². The number of nitrogens with zero attached hydrogens (tertiary/aromatic N) is 4. The molecule has 0 radical (unpaired) electrons. The largest absolute Gasteiger partial charge is 0.469 e. The highest BCUT2D eigenvalue weighted by molar-refractivity contribution is 6.21. The van der Waals surface area contributed by atoms with Crippen molar-refractivity contribution in [2.75, 3.05) is 50.6 Å². The Labute approximate surface area is 192 Å². The van der Waals surface area contributed by atoms with Crippen molar-refractivity contribution in [3.05, 3.63) is 23.4 Å². The van der Waals surface area contributed by atoms with Crippen LogP contribution in [0.1, 0.15) is 12.8 Å². The van der Waals surface area contributed by atoms with E-state index in [1.807, 2.05) is 18.0 Å². The summed E-state index contributed by atoms with van der Waals surface area (Å²) in [5.74, 6) is -1.70. The SMILES string of the molecule is COC(=O)C1CCN(c2ccncc2NC(=O)C(C(N)N=O)C2NCC(Cl)CN2C)CC1. The lowest BCUT2D eigenvalue weighted by Crippen LogP contribution is -2.62. The summed E-state index contributed by atoms with van der Waals surface area (Å²) < 4.78 is 4.85. The van der Waals surface area contributed by atoms with Crippen molar-refractivity contribution in [2.45, 2.75) is 30.6 Å². The molecule has 2 aliphatic heterocycles. The standard InChI is InChI=1S/C20H30ClN7O4/c1-27-11-13(21)9-24-18(27)16(17(22)26-31)19(29)25-14-10-23-6-3-15(14)28-7-4-12(5-8-28)20(30)32-2/h3,6,10,12-13,16-18,24H,4-5,7-9,11,22H2,1-2H3,(H,25,29). The second-order valence-electron chi connectivity index (χ2n) is 8.18. The molecule has 12 heteroatoms. The number of carbonyl (C=O) groups excluding carboxylic acids is 2. The first-order valence-electron chi connectivity index (χ1n) is 10.6. The fourth-order valence-electron chi connectivity index (χ4n) is 4.35. The summed E-state index contributed by atoms with van der Waals surface area (Å²) in [6.07, 6.45) is 2.78. The molecule has 2 aliphatic rings. The van der Waals surface area contributed by atoms with Crippen molar-refractivity contribution in [2.24, 2.45) is 22.7 Å². The average molecular weight is 468 g/mol.